The van der Waals surface area contributed by atoms with E-state index in [1.165, 1.54) is 29.1 Å². The Labute approximate surface area is 152 Å². The summed E-state index contributed by atoms with van der Waals surface area (Å²) in [5.74, 6) is -0.556. The minimum Gasteiger partial charge on any atom is -0.322 e. The van der Waals surface area contributed by atoms with Gasteiger partial charge in [0, 0.05) is 28.2 Å². The molecule has 0 saturated carbocycles. The number of alkyl halides is 3. The number of rotatable bonds is 3. The zero-order valence-electron chi connectivity index (χ0n) is 13.5. The molecule has 0 unspecified atom stereocenters. The van der Waals surface area contributed by atoms with E-state index in [1.807, 2.05) is 0 Å². The highest BCUT2D eigenvalue weighted by Gasteiger charge is 2.31. The average Bonchev–Trinajstić information content (AvgIpc) is 3.00. The molecule has 0 bridgehead atoms. The number of nitrogens with zero attached hydrogens (tertiary/aromatic N) is 2. The van der Waals surface area contributed by atoms with Gasteiger partial charge in [0.1, 0.15) is 0 Å². The van der Waals surface area contributed by atoms with E-state index < -0.39 is 17.6 Å². The Balaban J connectivity index is 1.99. The Kier molecular flexibility index (Phi) is 4.73. The molecule has 3 aromatic rings. The monoisotopic (exact) mass is 379 g/mol. The van der Waals surface area contributed by atoms with E-state index in [4.69, 9.17) is 11.6 Å². The maximum Gasteiger partial charge on any atom is 0.416 e. The number of amides is 1. The van der Waals surface area contributed by atoms with Crippen LogP contribution in [0.2, 0.25) is 5.02 Å². The quantitative estimate of drug-likeness (QED) is 0.687. The van der Waals surface area contributed by atoms with Crippen LogP contribution >= 0.6 is 11.6 Å². The molecule has 0 aliphatic rings. The lowest BCUT2D eigenvalue weighted by Crippen LogP contribution is -2.14. The molecule has 8 heteroatoms. The number of hydrogen-bond acceptors (Lipinski definition) is 2. The summed E-state index contributed by atoms with van der Waals surface area (Å²) < 4.78 is 41.1. The number of nitrogens with one attached hydrogen (secondary N) is 1. The molecule has 0 fully saturated rings. The van der Waals surface area contributed by atoms with Gasteiger partial charge in [-0.3, -0.25) is 4.79 Å². The van der Waals surface area contributed by atoms with Gasteiger partial charge >= 0.3 is 6.18 Å². The third kappa shape index (κ3) is 4.05. The highest BCUT2D eigenvalue weighted by atomic mass is 35.5. The number of carbonyl (C=O) groups excluding carboxylic acids is 1. The van der Waals surface area contributed by atoms with Gasteiger partial charge in [0.2, 0.25) is 0 Å². The summed E-state index contributed by atoms with van der Waals surface area (Å²) in [6.45, 7) is 1.73. The van der Waals surface area contributed by atoms with E-state index in [0.717, 1.165) is 12.1 Å². The van der Waals surface area contributed by atoms with Crippen molar-refractivity contribution in [3.8, 4) is 5.69 Å². The van der Waals surface area contributed by atoms with E-state index >= 15 is 0 Å². The second-order valence-corrected chi connectivity index (χ2v) is 6.09. The highest BCUT2D eigenvalue weighted by Crippen LogP contribution is 2.33. The smallest absolute Gasteiger partial charge is 0.322 e. The largest absolute Gasteiger partial charge is 0.416 e. The highest BCUT2D eigenvalue weighted by molar-refractivity contribution is 6.31. The average molecular weight is 380 g/mol. The van der Waals surface area contributed by atoms with E-state index in [1.54, 1.807) is 25.3 Å². The zero-order valence-corrected chi connectivity index (χ0v) is 14.3. The van der Waals surface area contributed by atoms with Crippen LogP contribution in [0.4, 0.5) is 18.9 Å². The third-order valence-corrected chi connectivity index (χ3v) is 3.83. The van der Waals surface area contributed by atoms with Crippen LogP contribution in [0.1, 0.15) is 21.6 Å². The lowest BCUT2D eigenvalue weighted by atomic mass is 10.1. The number of hydrogen-bond donors (Lipinski definition) is 1. The molecule has 4 nitrogen and oxygen atoms in total. The minimum absolute atomic E-state index is 0.0196. The molecule has 2 aromatic carbocycles. The first-order valence-corrected chi connectivity index (χ1v) is 7.90. The third-order valence-electron chi connectivity index (χ3n) is 3.60. The van der Waals surface area contributed by atoms with Crippen molar-refractivity contribution in [1.29, 1.82) is 0 Å². The summed E-state index contributed by atoms with van der Waals surface area (Å²) in [5.41, 5.74) is 0.289. The molecular formula is C18H13ClF3N3O. The molecule has 1 heterocycles. The van der Waals surface area contributed by atoms with E-state index in [2.05, 4.69) is 10.3 Å². The van der Waals surface area contributed by atoms with Crippen molar-refractivity contribution >= 4 is 23.2 Å². The zero-order chi connectivity index (χ0) is 18.9. The van der Waals surface area contributed by atoms with E-state index in [-0.39, 0.29) is 16.9 Å². The Morgan fingerprint density at radius 3 is 2.58 bits per heavy atom. The van der Waals surface area contributed by atoms with Gasteiger partial charge in [-0.15, -0.1) is 0 Å². The first kappa shape index (κ1) is 18.0. The Morgan fingerprint density at radius 2 is 1.96 bits per heavy atom. The standard InChI is InChI=1S/C18H13ClF3N3O/c1-11-9-25(10-23-11)16-7-13(18(20,21)22)6-15(8-16)24-17(26)12-3-2-4-14(19)5-12/h2-10H,1H3,(H,24,26). The predicted molar refractivity (Wildman–Crippen MR) is 92.7 cm³/mol. The van der Waals surface area contributed by atoms with Gasteiger partial charge in [0.25, 0.3) is 5.91 Å². The molecule has 0 radical (unpaired) electrons. The molecule has 0 aliphatic carbocycles. The molecule has 0 aliphatic heterocycles. The van der Waals surface area contributed by atoms with Crippen LogP contribution in [0.5, 0.6) is 0 Å². The fraction of sp³-hybridized carbons (Fsp3) is 0.111. The SMILES string of the molecule is Cc1cn(-c2cc(NC(=O)c3cccc(Cl)c3)cc(C(F)(F)F)c2)cn1. The number of aryl methyl sites for hydroxylation is 1. The molecule has 1 aromatic heterocycles. The van der Waals surface area contributed by atoms with Crippen LogP contribution < -0.4 is 5.32 Å². The van der Waals surface area contributed by atoms with Crippen LogP contribution in [0.25, 0.3) is 5.69 Å². The maximum atomic E-state index is 13.2. The number of anilines is 1. The van der Waals surface area contributed by atoms with Crippen molar-refractivity contribution in [2.24, 2.45) is 0 Å². The minimum atomic E-state index is -4.55. The van der Waals surface area contributed by atoms with Gasteiger partial charge < -0.3 is 9.88 Å². The molecule has 0 spiro atoms. The van der Waals surface area contributed by atoms with Crippen LogP contribution in [0.15, 0.2) is 55.0 Å². The lowest BCUT2D eigenvalue weighted by Gasteiger charge is -2.13. The summed E-state index contributed by atoms with van der Waals surface area (Å²) >= 11 is 5.85. The van der Waals surface area contributed by atoms with Gasteiger partial charge in [0.15, 0.2) is 0 Å². The van der Waals surface area contributed by atoms with Gasteiger partial charge in [0.05, 0.1) is 17.6 Å². The maximum absolute atomic E-state index is 13.2. The number of benzene rings is 2. The molecule has 1 amide bonds. The van der Waals surface area contributed by atoms with Crippen LogP contribution in [-0.4, -0.2) is 15.5 Å². The second kappa shape index (κ2) is 6.84. The van der Waals surface area contributed by atoms with Gasteiger partial charge in [-0.1, -0.05) is 17.7 Å². The first-order valence-electron chi connectivity index (χ1n) is 7.52. The van der Waals surface area contributed by atoms with Gasteiger partial charge in [-0.25, -0.2) is 4.98 Å². The second-order valence-electron chi connectivity index (χ2n) is 5.65. The lowest BCUT2D eigenvalue weighted by molar-refractivity contribution is -0.137. The number of imidazole rings is 1. The van der Waals surface area contributed by atoms with Gasteiger partial charge in [-0.05, 0) is 43.3 Å². The number of aromatic nitrogens is 2. The molecule has 0 saturated heterocycles. The molecule has 1 N–H and O–H groups in total. The molecular weight excluding hydrogens is 367 g/mol. The van der Waals surface area contributed by atoms with Crippen molar-refractivity contribution in [2.45, 2.75) is 13.1 Å². The Morgan fingerprint density at radius 1 is 1.19 bits per heavy atom. The number of halogens is 4. The van der Waals surface area contributed by atoms with Crippen molar-refractivity contribution in [3.05, 3.63) is 76.8 Å². The van der Waals surface area contributed by atoms with E-state index in [0.29, 0.717) is 10.7 Å². The first-order chi connectivity index (χ1) is 12.2. The fourth-order valence-electron chi connectivity index (χ4n) is 2.39. The Bertz CT molecular complexity index is 966. The van der Waals surface area contributed by atoms with Crippen LogP contribution in [0.3, 0.4) is 0 Å². The normalized spacial score (nSPS) is 11.4. The molecule has 134 valence electrons. The summed E-state index contributed by atoms with van der Waals surface area (Å²) in [4.78, 5) is 16.3. The van der Waals surface area contributed by atoms with Crippen molar-refractivity contribution < 1.29 is 18.0 Å². The molecule has 0 atom stereocenters. The predicted octanol–water partition coefficient (Wildman–Crippen LogP) is 5.11. The van der Waals surface area contributed by atoms with Crippen LogP contribution in [-0.2, 0) is 6.18 Å². The van der Waals surface area contributed by atoms with Crippen molar-refractivity contribution in [1.82, 2.24) is 9.55 Å². The van der Waals surface area contributed by atoms with E-state index in [9.17, 15) is 18.0 Å². The summed E-state index contributed by atoms with van der Waals surface area (Å²) in [6, 6.07) is 9.47. The summed E-state index contributed by atoms with van der Waals surface area (Å²) in [6.07, 6.45) is -1.55. The molecule has 3 rings (SSSR count). The van der Waals surface area contributed by atoms with Crippen molar-refractivity contribution in [3.63, 3.8) is 0 Å². The summed E-state index contributed by atoms with van der Waals surface area (Å²) in [5, 5.41) is 2.84. The topological polar surface area (TPSA) is 46.9 Å². The van der Waals surface area contributed by atoms with Crippen molar-refractivity contribution in [2.75, 3.05) is 5.32 Å². The molecule has 26 heavy (non-hydrogen) atoms. The van der Waals surface area contributed by atoms with Crippen LogP contribution in [0, 0.1) is 6.92 Å². The summed E-state index contributed by atoms with van der Waals surface area (Å²) in [7, 11) is 0. The fourth-order valence-corrected chi connectivity index (χ4v) is 2.58. The Hall–Kier alpha value is -2.80. The van der Waals surface area contributed by atoms with Gasteiger partial charge in [-0.2, -0.15) is 13.2 Å². The number of carbonyl (C=O) groups is 1.